The van der Waals surface area contributed by atoms with Crippen LogP contribution in [-0.4, -0.2) is 54.1 Å². The lowest BCUT2D eigenvalue weighted by atomic mass is 9.93. The fourth-order valence-electron chi connectivity index (χ4n) is 2.70. The second kappa shape index (κ2) is 4.81. The Morgan fingerprint density at radius 3 is 2.53 bits per heavy atom. The quantitative estimate of drug-likeness (QED) is 0.763. The lowest BCUT2D eigenvalue weighted by Gasteiger charge is -2.52. The van der Waals surface area contributed by atoms with Crippen molar-refractivity contribution in [3.63, 3.8) is 0 Å². The van der Waals surface area contributed by atoms with Crippen LogP contribution in [0.4, 0.5) is 0 Å². The Morgan fingerprint density at radius 2 is 2.07 bits per heavy atom. The molecule has 0 aromatic carbocycles. The fraction of sp³-hybridized carbons (Fsp3) is 1.00. The van der Waals surface area contributed by atoms with Crippen LogP contribution in [0, 0.1) is 0 Å². The molecule has 15 heavy (non-hydrogen) atoms. The van der Waals surface area contributed by atoms with Gasteiger partial charge in [-0.15, -0.1) is 0 Å². The Labute approximate surface area is 94.6 Å². The van der Waals surface area contributed by atoms with Crippen molar-refractivity contribution in [1.29, 1.82) is 0 Å². The van der Waals surface area contributed by atoms with Crippen molar-refractivity contribution < 1.29 is 0 Å². The summed E-state index contributed by atoms with van der Waals surface area (Å²) in [5.74, 6) is 0. The molecule has 0 saturated carbocycles. The Morgan fingerprint density at radius 1 is 1.47 bits per heavy atom. The lowest BCUT2D eigenvalue weighted by Crippen LogP contribution is -2.65. The number of likely N-dealkylation sites (N-methyl/N-ethyl adjacent to an activating group) is 1. The van der Waals surface area contributed by atoms with E-state index in [9.17, 15) is 0 Å². The zero-order chi connectivity index (χ0) is 11.6. The molecule has 1 fully saturated rings. The van der Waals surface area contributed by atoms with Crippen LogP contribution in [0.3, 0.4) is 0 Å². The van der Waals surface area contributed by atoms with Crippen LogP contribution in [0.2, 0.25) is 0 Å². The Hall–Kier alpha value is -0.120. The predicted molar refractivity (Wildman–Crippen MR) is 66.0 cm³/mol. The van der Waals surface area contributed by atoms with Gasteiger partial charge in [0.1, 0.15) is 0 Å². The molecule has 2 atom stereocenters. The molecule has 0 spiro atoms. The van der Waals surface area contributed by atoms with Gasteiger partial charge in [0.2, 0.25) is 0 Å². The van der Waals surface area contributed by atoms with Crippen molar-refractivity contribution in [2.24, 2.45) is 5.73 Å². The van der Waals surface area contributed by atoms with Crippen molar-refractivity contribution >= 4 is 0 Å². The maximum atomic E-state index is 5.82. The van der Waals surface area contributed by atoms with Gasteiger partial charge in [0, 0.05) is 37.3 Å². The summed E-state index contributed by atoms with van der Waals surface area (Å²) in [6.07, 6.45) is 1.21. The number of nitrogens with zero attached hydrogens (tertiary/aromatic N) is 2. The lowest BCUT2D eigenvalue weighted by molar-refractivity contribution is -0.0267. The molecule has 0 radical (unpaired) electrons. The smallest absolute Gasteiger partial charge is 0.0343 e. The van der Waals surface area contributed by atoms with Crippen LogP contribution in [0.1, 0.15) is 34.1 Å². The molecule has 1 rings (SSSR count). The van der Waals surface area contributed by atoms with E-state index in [2.05, 4.69) is 44.5 Å². The van der Waals surface area contributed by atoms with E-state index in [1.165, 1.54) is 6.42 Å². The second-order valence-corrected chi connectivity index (χ2v) is 5.53. The molecule has 2 N–H and O–H groups in total. The maximum Gasteiger partial charge on any atom is 0.0343 e. The van der Waals surface area contributed by atoms with E-state index in [1.54, 1.807) is 0 Å². The third-order valence-corrected chi connectivity index (χ3v) is 3.84. The minimum Gasteiger partial charge on any atom is -0.329 e. The predicted octanol–water partition coefficient (Wildman–Crippen LogP) is 1.14. The summed E-state index contributed by atoms with van der Waals surface area (Å²) in [6, 6.07) is 1.18. The summed E-state index contributed by atoms with van der Waals surface area (Å²) in [5, 5.41) is 0. The zero-order valence-electron chi connectivity index (χ0n) is 11.0. The van der Waals surface area contributed by atoms with Crippen LogP contribution >= 0.6 is 0 Å². The highest BCUT2D eigenvalue weighted by molar-refractivity contribution is 4.95. The van der Waals surface area contributed by atoms with Crippen molar-refractivity contribution in [2.75, 3.05) is 26.7 Å². The third kappa shape index (κ3) is 2.71. The molecule has 1 aliphatic rings. The minimum atomic E-state index is 0.274. The average Bonchev–Trinajstić information content (AvgIpc) is 2.15. The second-order valence-electron chi connectivity index (χ2n) is 5.53. The zero-order valence-corrected chi connectivity index (χ0v) is 11.0. The molecule has 0 bridgehead atoms. The van der Waals surface area contributed by atoms with Crippen LogP contribution in [-0.2, 0) is 0 Å². The van der Waals surface area contributed by atoms with Gasteiger partial charge in [-0.25, -0.2) is 0 Å². The SMILES string of the molecule is CCC(C)N1CC(CN)N(C)CC1(C)C. The van der Waals surface area contributed by atoms with E-state index in [1.807, 2.05) is 0 Å². The third-order valence-electron chi connectivity index (χ3n) is 3.84. The summed E-state index contributed by atoms with van der Waals surface area (Å²) in [7, 11) is 2.19. The first-order valence-corrected chi connectivity index (χ1v) is 6.09. The summed E-state index contributed by atoms with van der Waals surface area (Å²) >= 11 is 0. The number of nitrogens with two attached hydrogens (primary N) is 1. The van der Waals surface area contributed by atoms with E-state index < -0.39 is 0 Å². The molecule has 0 amide bonds. The number of hydrogen-bond acceptors (Lipinski definition) is 3. The number of piperazine rings is 1. The minimum absolute atomic E-state index is 0.274. The Kier molecular flexibility index (Phi) is 4.15. The highest BCUT2D eigenvalue weighted by atomic mass is 15.3. The molecule has 0 aromatic rings. The Bertz CT molecular complexity index is 203. The van der Waals surface area contributed by atoms with Gasteiger partial charge in [-0.3, -0.25) is 9.80 Å². The van der Waals surface area contributed by atoms with Crippen LogP contribution in [0.5, 0.6) is 0 Å². The van der Waals surface area contributed by atoms with Crippen molar-refractivity contribution in [1.82, 2.24) is 9.80 Å². The highest BCUT2D eigenvalue weighted by Gasteiger charge is 2.38. The van der Waals surface area contributed by atoms with Gasteiger partial charge in [0.25, 0.3) is 0 Å². The Balaban J connectivity index is 2.76. The average molecular weight is 213 g/mol. The summed E-state index contributed by atoms with van der Waals surface area (Å²) in [4.78, 5) is 5.02. The van der Waals surface area contributed by atoms with Gasteiger partial charge in [-0.2, -0.15) is 0 Å². The van der Waals surface area contributed by atoms with E-state index >= 15 is 0 Å². The largest absolute Gasteiger partial charge is 0.329 e. The monoisotopic (exact) mass is 213 g/mol. The van der Waals surface area contributed by atoms with Crippen molar-refractivity contribution in [3.05, 3.63) is 0 Å². The molecule has 0 aromatic heterocycles. The normalized spacial score (nSPS) is 30.4. The molecular weight excluding hydrogens is 186 g/mol. The molecule has 1 heterocycles. The molecule has 1 aliphatic heterocycles. The molecular formula is C12H27N3. The van der Waals surface area contributed by atoms with Crippen molar-refractivity contribution in [2.45, 2.75) is 51.7 Å². The molecule has 0 aliphatic carbocycles. The topological polar surface area (TPSA) is 32.5 Å². The summed E-state index contributed by atoms with van der Waals surface area (Å²) in [5.41, 5.74) is 6.09. The maximum absolute atomic E-state index is 5.82. The standard InChI is InChI=1S/C12H27N3/c1-6-10(2)15-8-11(7-13)14(5)9-12(15,3)4/h10-11H,6-9,13H2,1-5H3. The number of hydrogen-bond donors (Lipinski definition) is 1. The van der Waals surface area contributed by atoms with Crippen LogP contribution < -0.4 is 5.73 Å². The number of rotatable bonds is 3. The molecule has 3 nitrogen and oxygen atoms in total. The summed E-state index contributed by atoms with van der Waals surface area (Å²) < 4.78 is 0. The van der Waals surface area contributed by atoms with Crippen molar-refractivity contribution in [3.8, 4) is 0 Å². The van der Waals surface area contributed by atoms with E-state index in [-0.39, 0.29) is 5.54 Å². The van der Waals surface area contributed by atoms with Gasteiger partial charge in [-0.1, -0.05) is 6.92 Å². The van der Waals surface area contributed by atoms with E-state index in [0.29, 0.717) is 12.1 Å². The first kappa shape index (κ1) is 12.9. The van der Waals surface area contributed by atoms with Gasteiger partial charge < -0.3 is 5.73 Å². The molecule has 2 unspecified atom stereocenters. The van der Waals surface area contributed by atoms with Gasteiger partial charge >= 0.3 is 0 Å². The first-order chi connectivity index (χ1) is 6.92. The van der Waals surface area contributed by atoms with Crippen LogP contribution in [0.25, 0.3) is 0 Å². The van der Waals surface area contributed by atoms with Gasteiger partial charge in [-0.05, 0) is 34.2 Å². The van der Waals surface area contributed by atoms with Gasteiger partial charge in [0.05, 0.1) is 0 Å². The van der Waals surface area contributed by atoms with E-state index in [0.717, 1.165) is 19.6 Å². The van der Waals surface area contributed by atoms with Gasteiger partial charge in [0.15, 0.2) is 0 Å². The molecule has 1 saturated heterocycles. The van der Waals surface area contributed by atoms with Crippen LogP contribution in [0.15, 0.2) is 0 Å². The first-order valence-electron chi connectivity index (χ1n) is 6.09. The van der Waals surface area contributed by atoms with E-state index in [4.69, 9.17) is 5.73 Å². The highest BCUT2D eigenvalue weighted by Crippen LogP contribution is 2.26. The molecule has 90 valence electrons. The summed E-state index contributed by atoms with van der Waals surface area (Å²) in [6.45, 7) is 12.2. The fourth-order valence-corrected chi connectivity index (χ4v) is 2.70. The molecule has 3 heteroatoms.